The van der Waals surface area contributed by atoms with E-state index in [4.69, 9.17) is 5.73 Å². The molecule has 212 valence electrons. The highest BCUT2D eigenvalue weighted by Crippen LogP contribution is 2.30. The molecule has 1 atom stereocenters. The molecule has 0 aliphatic heterocycles. The van der Waals surface area contributed by atoms with Crippen LogP contribution in [0.3, 0.4) is 0 Å². The monoisotopic (exact) mass is 575 g/mol. The van der Waals surface area contributed by atoms with E-state index in [-0.39, 0.29) is 11.6 Å². The summed E-state index contributed by atoms with van der Waals surface area (Å²) in [5.41, 5.74) is 7.04. The number of aliphatic hydroxyl groups is 1. The summed E-state index contributed by atoms with van der Waals surface area (Å²) in [6, 6.07) is 12.7. The number of ether oxygens (including phenoxy) is 1. The van der Waals surface area contributed by atoms with Gasteiger partial charge in [-0.05, 0) is 36.2 Å². The molecule has 2 heterocycles. The molecule has 0 saturated carbocycles. The van der Waals surface area contributed by atoms with Gasteiger partial charge in [0.25, 0.3) is 5.56 Å². The van der Waals surface area contributed by atoms with E-state index in [0.29, 0.717) is 24.2 Å². The van der Waals surface area contributed by atoms with Crippen LogP contribution in [0.15, 0.2) is 71.1 Å². The van der Waals surface area contributed by atoms with E-state index in [1.54, 1.807) is 17.5 Å². The van der Waals surface area contributed by atoms with Crippen LogP contribution in [0.4, 0.5) is 24.8 Å². The number of rotatable bonds is 13. The maximum absolute atomic E-state index is 12.7. The molecule has 0 aliphatic rings. The minimum Gasteiger partial charge on any atom is -0.404 e. The summed E-state index contributed by atoms with van der Waals surface area (Å²) < 4.78 is 41.9. The zero-order chi connectivity index (χ0) is 28.5. The first-order valence-corrected chi connectivity index (χ1v) is 13.1. The fourth-order valence-corrected chi connectivity index (χ4v) is 4.55. The van der Waals surface area contributed by atoms with Gasteiger partial charge in [0.2, 0.25) is 12.3 Å². The predicted octanol–water partition coefficient (Wildman–Crippen LogP) is 3.94. The number of para-hydroxylation sites is 2. The van der Waals surface area contributed by atoms with Crippen molar-refractivity contribution < 1.29 is 23.0 Å². The fourth-order valence-electron chi connectivity index (χ4n) is 3.89. The lowest BCUT2D eigenvalue weighted by Crippen LogP contribution is -2.30. The Morgan fingerprint density at radius 3 is 2.58 bits per heavy atom. The standard InChI is InChI=1S/C26H28F3N7O3S/c27-26(28,29)39-21-5-2-1-4-20(21)33-25(38)35-24-32-14-19(23(37)34-24)18-8-6-17(7-9-18)15-36(12-3-10-30)16-22-31-11-13-40-22/h1-2,4-9,11,13-14,25,33,38H,3,10,12,15-16,30H2,(H2,32,34,35,37). The Morgan fingerprint density at radius 1 is 1.12 bits per heavy atom. The van der Waals surface area contributed by atoms with E-state index in [1.165, 1.54) is 24.4 Å². The Hall–Kier alpha value is -3.98. The maximum Gasteiger partial charge on any atom is 0.573 e. The number of aliphatic hydroxyl groups excluding tert-OH is 1. The smallest absolute Gasteiger partial charge is 0.404 e. The molecule has 0 bridgehead atoms. The van der Waals surface area contributed by atoms with Crippen LogP contribution in [-0.4, -0.2) is 50.8 Å². The van der Waals surface area contributed by atoms with E-state index in [1.807, 2.05) is 29.6 Å². The Labute approximate surface area is 231 Å². The molecule has 40 heavy (non-hydrogen) atoms. The summed E-state index contributed by atoms with van der Waals surface area (Å²) in [6.45, 7) is 2.84. The van der Waals surface area contributed by atoms with Crippen molar-refractivity contribution in [2.45, 2.75) is 32.2 Å². The van der Waals surface area contributed by atoms with Crippen molar-refractivity contribution >= 4 is 23.0 Å². The number of nitrogens with one attached hydrogen (secondary N) is 3. The van der Waals surface area contributed by atoms with Crippen molar-refractivity contribution in [3.05, 3.63) is 87.2 Å². The van der Waals surface area contributed by atoms with E-state index in [9.17, 15) is 23.1 Å². The second kappa shape index (κ2) is 13.4. The first-order chi connectivity index (χ1) is 19.2. The van der Waals surface area contributed by atoms with Crippen LogP contribution in [0.25, 0.3) is 11.1 Å². The van der Waals surface area contributed by atoms with E-state index < -0.39 is 24.0 Å². The third kappa shape index (κ3) is 8.51. The van der Waals surface area contributed by atoms with Crippen LogP contribution in [0, 0.1) is 0 Å². The molecule has 0 aliphatic carbocycles. The molecule has 4 rings (SSSR count). The normalized spacial score (nSPS) is 12.3. The molecule has 0 spiro atoms. The molecule has 0 fully saturated rings. The Kier molecular flexibility index (Phi) is 9.71. The fraction of sp³-hybridized carbons (Fsp3) is 0.269. The third-order valence-electron chi connectivity index (χ3n) is 5.67. The van der Waals surface area contributed by atoms with Crippen molar-refractivity contribution in [2.24, 2.45) is 5.73 Å². The summed E-state index contributed by atoms with van der Waals surface area (Å²) in [5.74, 6) is -0.612. The van der Waals surface area contributed by atoms with Crippen molar-refractivity contribution in [2.75, 3.05) is 23.7 Å². The molecule has 4 aromatic rings. The molecule has 6 N–H and O–H groups in total. The number of alkyl halides is 3. The predicted molar refractivity (Wildman–Crippen MR) is 147 cm³/mol. The average molecular weight is 576 g/mol. The summed E-state index contributed by atoms with van der Waals surface area (Å²) in [7, 11) is 0. The van der Waals surface area contributed by atoms with Crippen LogP contribution in [-0.2, 0) is 13.1 Å². The molecule has 0 saturated heterocycles. The van der Waals surface area contributed by atoms with Crippen molar-refractivity contribution in [1.29, 1.82) is 0 Å². The van der Waals surface area contributed by atoms with Gasteiger partial charge >= 0.3 is 6.36 Å². The summed E-state index contributed by atoms with van der Waals surface area (Å²) >= 11 is 1.60. The van der Waals surface area contributed by atoms with Crippen LogP contribution in [0.2, 0.25) is 0 Å². The lowest BCUT2D eigenvalue weighted by Gasteiger charge is -2.21. The average Bonchev–Trinajstić information content (AvgIpc) is 3.41. The van der Waals surface area contributed by atoms with Gasteiger partial charge in [-0.2, -0.15) is 4.98 Å². The number of hydrogen-bond acceptors (Lipinski definition) is 10. The first-order valence-electron chi connectivity index (χ1n) is 12.3. The topological polar surface area (TPSA) is 141 Å². The zero-order valence-electron chi connectivity index (χ0n) is 21.2. The maximum atomic E-state index is 12.7. The number of anilines is 2. The van der Waals surface area contributed by atoms with Gasteiger partial charge in [-0.15, -0.1) is 24.5 Å². The molecule has 10 nitrogen and oxygen atoms in total. The van der Waals surface area contributed by atoms with Crippen molar-refractivity contribution in [3.63, 3.8) is 0 Å². The van der Waals surface area contributed by atoms with Gasteiger partial charge < -0.3 is 31.2 Å². The second-order valence-electron chi connectivity index (χ2n) is 8.68. The SMILES string of the molecule is NCCCN(Cc1ccc(-c2c[nH]c(NC(O)Nc3ccccc3OC(F)(F)F)nc2=O)cc1)Cc1nccs1. The Bertz CT molecular complexity index is 1420. The quantitative estimate of drug-likeness (QED) is 0.150. The van der Waals surface area contributed by atoms with Crippen LogP contribution in [0.5, 0.6) is 5.75 Å². The number of halogens is 3. The number of benzene rings is 2. The van der Waals surface area contributed by atoms with Gasteiger partial charge in [0.05, 0.1) is 17.8 Å². The molecular weight excluding hydrogens is 547 g/mol. The molecule has 0 amide bonds. The van der Waals surface area contributed by atoms with E-state index in [2.05, 4.69) is 35.2 Å². The third-order valence-corrected chi connectivity index (χ3v) is 6.43. The van der Waals surface area contributed by atoms with Gasteiger partial charge in [-0.1, -0.05) is 36.4 Å². The van der Waals surface area contributed by atoms with Crippen LogP contribution >= 0.6 is 11.3 Å². The van der Waals surface area contributed by atoms with Gasteiger partial charge in [0.15, 0.2) is 5.75 Å². The van der Waals surface area contributed by atoms with E-state index in [0.717, 1.165) is 36.1 Å². The number of nitrogens with two attached hydrogens (primary N) is 1. The minimum absolute atomic E-state index is 0.0858. The lowest BCUT2D eigenvalue weighted by atomic mass is 10.1. The molecule has 0 radical (unpaired) electrons. The minimum atomic E-state index is -4.90. The van der Waals surface area contributed by atoms with Crippen LogP contribution in [0.1, 0.15) is 17.0 Å². The highest BCUT2D eigenvalue weighted by molar-refractivity contribution is 7.09. The summed E-state index contributed by atoms with van der Waals surface area (Å²) in [6.07, 6.45) is -2.40. The Morgan fingerprint density at radius 2 is 1.90 bits per heavy atom. The molecule has 1 unspecified atom stereocenters. The number of thiazole rings is 1. The second-order valence-corrected chi connectivity index (χ2v) is 9.66. The number of aromatic amines is 1. The van der Waals surface area contributed by atoms with Gasteiger partial charge in [0, 0.05) is 30.9 Å². The molecule has 2 aromatic carbocycles. The lowest BCUT2D eigenvalue weighted by molar-refractivity contribution is -0.274. The molecule has 2 aromatic heterocycles. The highest BCUT2D eigenvalue weighted by atomic mass is 32.1. The number of aromatic nitrogens is 3. The van der Waals surface area contributed by atoms with Gasteiger partial charge in [-0.3, -0.25) is 9.69 Å². The molecule has 14 heteroatoms. The molecular formula is C26H28F3N7O3S. The number of hydrogen-bond donors (Lipinski definition) is 5. The summed E-state index contributed by atoms with van der Waals surface area (Å²) in [4.78, 5) is 26.0. The zero-order valence-corrected chi connectivity index (χ0v) is 22.0. The largest absolute Gasteiger partial charge is 0.573 e. The van der Waals surface area contributed by atoms with Crippen molar-refractivity contribution in [3.8, 4) is 16.9 Å². The van der Waals surface area contributed by atoms with Crippen molar-refractivity contribution in [1.82, 2.24) is 19.9 Å². The Balaban J connectivity index is 1.39. The van der Waals surface area contributed by atoms with Gasteiger partial charge in [-0.25, -0.2) is 4.98 Å². The number of nitrogens with zero attached hydrogens (tertiary/aromatic N) is 3. The summed E-state index contributed by atoms with van der Waals surface area (Å²) in [5, 5.41) is 18.2. The van der Waals surface area contributed by atoms with Gasteiger partial charge in [0.1, 0.15) is 5.01 Å². The first kappa shape index (κ1) is 29.0. The van der Waals surface area contributed by atoms with Crippen LogP contribution < -0.4 is 26.7 Å². The van der Waals surface area contributed by atoms with E-state index >= 15 is 0 Å². The highest BCUT2D eigenvalue weighted by Gasteiger charge is 2.32. The number of H-pyrrole nitrogens is 1.